The fourth-order valence-corrected chi connectivity index (χ4v) is 2.45. The second-order valence-electron chi connectivity index (χ2n) is 4.42. The Bertz CT molecular complexity index is 442. The van der Waals surface area contributed by atoms with Gasteiger partial charge in [0.15, 0.2) is 5.96 Å². The number of hydrogen-bond donors (Lipinski definition) is 1. The van der Waals surface area contributed by atoms with Gasteiger partial charge < -0.3 is 10.6 Å². The van der Waals surface area contributed by atoms with Crippen LogP contribution in [0.2, 0.25) is 0 Å². The smallest absolute Gasteiger partial charge is 0.191 e. The van der Waals surface area contributed by atoms with Crippen molar-refractivity contribution < 1.29 is 0 Å². The standard InChI is InChI=1S/C13H18BrN3/c1-3-6-17-12(8-16-13(17)15)10-4-5-11(14)9(2)7-10/h4-5,7,12H,3,6,8H2,1-2H3,(H2,15,16). The Morgan fingerprint density at radius 1 is 1.53 bits per heavy atom. The highest BCUT2D eigenvalue weighted by Gasteiger charge is 2.26. The van der Waals surface area contributed by atoms with Crippen molar-refractivity contribution in [3.05, 3.63) is 33.8 Å². The molecule has 4 heteroatoms. The van der Waals surface area contributed by atoms with Gasteiger partial charge in [0, 0.05) is 11.0 Å². The summed E-state index contributed by atoms with van der Waals surface area (Å²) < 4.78 is 1.15. The van der Waals surface area contributed by atoms with E-state index in [1.807, 2.05) is 0 Å². The Kier molecular flexibility index (Phi) is 3.72. The minimum atomic E-state index is 0.307. The SMILES string of the molecule is CCCN1C(N)=NCC1c1ccc(Br)c(C)c1. The Morgan fingerprint density at radius 3 is 2.94 bits per heavy atom. The molecule has 17 heavy (non-hydrogen) atoms. The largest absolute Gasteiger partial charge is 0.370 e. The fourth-order valence-electron chi connectivity index (χ4n) is 2.20. The minimum absolute atomic E-state index is 0.307. The first-order chi connectivity index (χ1) is 8.13. The monoisotopic (exact) mass is 295 g/mol. The number of nitrogens with zero attached hydrogens (tertiary/aromatic N) is 2. The molecule has 0 saturated heterocycles. The third-order valence-corrected chi connectivity index (χ3v) is 4.02. The summed E-state index contributed by atoms with van der Waals surface area (Å²) >= 11 is 3.53. The van der Waals surface area contributed by atoms with Crippen LogP contribution in [0.4, 0.5) is 0 Å². The second kappa shape index (κ2) is 5.08. The van der Waals surface area contributed by atoms with Crippen LogP contribution in [0.15, 0.2) is 27.7 Å². The Morgan fingerprint density at radius 2 is 2.29 bits per heavy atom. The highest BCUT2D eigenvalue weighted by atomic mass is 79.9. The number of aliphatic imine (C=N–C) groups is 1. The van der Waals surface area contributed by atoms with Crippen LogP contribution in [0.3, 0.4) is 0 Å². The number of rotatable bonds is 3. The Balaban J connectivity index is 2.25. The summed E-state index contributed by atoms with van der Waals surface area (Å²) in [6.07, 6.45) is 1.09. The third kappa shape index (κ3) is 2.46. The van der Waals surface area contributed by atoms with Crippen molar-refractivity contribution in [2.45, 2.75) is 26.3 Å². The highest BCUT2D eigenvalue weighted by molar-refractivity contribution is 9.10. The van der Waals surface area contributed by atoms with Gasteiger partial charge in [-0.25, -0.2) is 0 Å². The number of hydrogen-bond acceptors (Lipinski definition) is 3. The first-order valence-corrected chi connectivity index (χ1v) is 6.75. The molecule has 0 saturated carbocycles. The van der Waals surface area contributed by atoms with E-state index in [0.717, 1.165) is 24.0 Å². The van der Waals surface area contributed by atoms with Crippen LogP contribution in [-0.2, 0) is 0 Å². The molecule has 0 radical (unpaired) electrons. The van der Waals surface area contributed by atoms with Gasteiger partial charge in [0.05, 0.1) is 12.6 Å². The molecule has 1 aromatic rings. The molecule has 1 heterocycles. The van der Waals surface area contributed by atoms with Gasteiger partial charge in [0.1, 0.15) is 0 Å². The number of nitrogens with two attached hydrogens (primary N) is 1. The average Bonchev–Trinajstić information content (AvgIpc) is 2.66. The van der Waals surface area contributed by atoms with Crippen molar-refractivity contribution in [2.24, 2.45) is 10.7 Å². The summed E-state index contributed by atoms with van der Waals surface area (Å²) in [5, 5.41) is 0. The molecule has 0 spiro atoms. The molecule has 2 rings (SSSR count). The molecule has 1 unspecified atom stereocenters. The number of benzene rings is 1. The highest BCUT2D eigenvalue weighted by Crippen LogP contribution is 2.28. The number of guanidine groups is 1. The summed E-state index contributed by atoms with van der Waals surface area (Å²) in [5.41, 5.74) is 8.48. The first kappa shape index (κ1) is 12.4. The van der Waals surface area contributed by atoms with Gasteiger partial charge in [0.25, 0.3) is 0 Å². The van der Waals surface area contributed by atoms with Gasteiger partial charge in [-0.3, -0.25) is 4.99 Å². The van der Waals surface area contributed by atoms with E-state index < -0.39 is 0 Å². The van der Waals surface area contributed by atoms with E-state index in [9.17, 15) is 0 Å². The maximum Gasteiger partial charge on any atom is 0.191 e. The maximum atomic E-state index is 5.93. The molecule has 1 aliphatic rings. The first-order valence-electron chi connectivity index (χ1n) is 5.96. The van der Waals surface area contributed by atoms with Crippen LogP contribution >= 0.6 is 15.9 Å². The van der Waals surface area contributed by atoms with Crippen molar-refractivity contribution in [1.29, 1.82) is 0 Å². The Labute approximate surface area is 111 Å². The lowest BCUT2D eigenvalue weighted by Gasteiger charge is -2.26. The van der Waals surface area contributed by atoms with Gasteiger partial charge in [-0.05, 0) is 30.5 Å². The zero-order chi connectivity index (χ0) is 12.4. The number of aryl methyl sites for hydroxylation is 1. The van der Waals surface area contributed by atoms with Crippen LogP contribution in [0.25, 0.3) is 0 Å². The van der Waals surface area contributed by atoms with Crippen LogP contribution in [0.1, 0.15) is 30.5 Å². The van der Waals surface area contributed by atoms with Gasteiger partial charge in [-0.15, -0.1) is 0 Å². The van der Waals surface area contributed by atoms with Crippen molar-refractivity contribution in [1.82, 2.24) is 4.90 Å². The summed E-state index contributed by atoms with van der Waals surface area (Å²) in [7, 11) is 0. The van der Waals surface area contributed by atoms with Crippen LogP contribution in [0.5, 0.6) is 0 Å². The molecule has 1 aliphatic heterocycles. The summed E-state index contributed by atoms with van der Waals surface area (Å²) in [6, 6.07) is 6.77. The quantitative estimate of drug-likeness (QED) is 0.932. The molecular formula is C13H18BrN3. The van der Waals surface area contributed by atoms with E-state index in [1.54, 1.807) is 0 Å². The Hall–Kier alpha value is -1.03. The van der Waals surface area contributed by atoms with Gasteiger partial charge in [-0.2, -0.15) is 0 Å². The summed E-state index contributed by atoms with van der Waals surface area (Å²) in [5.74, 6) is 0.678. The van der Waals surface area contributed by atoms with Gasteiger partial charge >= 0.3 is 0 Å². The molecular weight excluding hydrogens is 278 g/mol. The third-order valence-electron chi connectivity index (χ3n) is 3.13. The molecule has 0 aromatic heterocycles. The predicted molar refractivity (Wildman–Crippen MR) is 75.1 cm³/mol. The molecule has 0 aliphatic carbocycles. The molecule has 0 amide bonds. The zero-order valence-corrected chi connectivity index (χ0v) is 11.9. The van der Waals surface area contributed by atoms with Gasteiger partial charge in [0.2, 0.25) is 0 Å². The average molecular weight is 296 g/mol. The van der Waals surface area contributed by atoms with E-state index in [4.69, 9.17) is 5.73 Å². The normalized spacial score (nSPS) is 19.6. The van der Waals surface area contributed by atoms with E-state index in [1.165, 1.54) is 11.1 Å². The van der Waals surface area contributed by atoms with Crippen LogP contribution in [0, 0.1) is 6.92 Å². The maximum absolute atomic E-state index is 5.93. The van der Waals surface area contributed by atoms with Crippen molar-refractivity contribution >= 4 is 21.9 Å². The van der Waals surface area contributed by atoms with E-state index in [0.29, 0.717) is 12.0 Å². The van der Waals surface area contributed by atoms with E-state index in [2.05, 4.69) is 57.9 Å². The molecule has 3 nitrogen and oxygen atoms in total. The number of halogens is 1. The van der Waals surface area contributed by atoms with Crippen LogP contribution in [-0.4, -0.2) is 23.9 Å². The van der Waals surface area contributed by atoms with Crippen molar-refractivity contribution in [3.8, 4) is 0 Å². The van der Waals surface area contributed by atoms with Crippen molar-refractivity contribution in [3.63, 3.8) is 0 Å². The molecule has 1 aromatic carbocycles. The zero-order valence-electron chi connectivity index (χ0n) is 10.3. The lowest BCUT2D eigenvalue weighted by molar-refractivity contribution is 0.347. The van der Waals surface area contributed by atoms with E-state index in [-0.39, 0.29) is 0 Å². The second-order valence-corrected chi connectivity index (χ2v) is 5.27. The van der Waals surface area contributed by atoms with Crippen LogP contribution < -0.4 is 5.73 Å². The van der Waals surface area contributed by atoms with E-state index >= 15 is 0 Å². The predicted octanol–water partition coefficient (Wildman–Crippen LogP) is 2.84. The minimum Gasteiger partial charge on any atom is -0.370 e. The van der Waals surface area contributed by atoms with Crippen molar-refractivity contribution in [2.75, 3.05) is 13.1 Å². The molecule has 1 atom stereocenters. The summed E-state index contributed by atoms with van der Waals surface area (Å²) in [4.78, 5) is 6.55. The summed E-state index contributed by atoms with van der Waals surface area (Å²) in [6.45, 7) is 6.01. The lowest BCUT2D eigenvalue weighted by Crippen LogP contribution is -2.36. The molecule has 2 N–H and O–H groups in total. The topological polar surface area (TPSA) is 41.6 Å². The molecule has 0 bridgehead atoms. The molecule has 0 fully saturated rings. The molecule has 92 valence electrons. The lowest BCUT2D eigenvalue weighted by atomic mass is 10.0. The fraction of sp³-hybridized carbons (Fsp3) is 0.462. The van der Waals surface area contributed by atoms with Gasteiger partial charge in [-0.1, -0.05) is 35.0 Å².